The number of fused-ring (bicyclic) bond motifs is 1. The van der Waals surface area contributed by atoms with E-state index in [0.29, 0.717) is 11.3 Å². The lowest BCUT2D eigenvalue weighted by atomic mass is 10.1. The zero-order chi connectivity index (χ0) is 21.3. The van der Waals surface area contributed by atoms with Crippen LogP contribution in [0.2, 0.25) is 0 Å². The number of aliphatic hydroxyl groups is 1. The maximum Gasteiger partial charge on any atom is 0.411 e. The molecule has 1 aliphatic rings. The van der Waals surface area contributed by atoms with E-state index >= 15 is 0 Å². The van der Waals surface area contributed by atoms with Gasteiger partial charge in [-0.3, -0.25) is 19.7 Å². The Bertz CT molecular complexity index is 1200. The van der Waals surface area contributed by atoms with Gasteiger partial charge in [-0.05, 0) is 18.4 Å². The van der Waals surface area contributed by atoms with E-state index in [2.05, 4.69) is 10.3 Å². The average molecular weight is 411 g/mol. The smallest absolute Gasteiger partial charge is 0.411 e. The standard InChI is InChI=1S/C21H21N3O6/c1-12-10-24(20(27)23-19(12)26)18-9-16(25)17(30-18)11-29-21(28)22-15-8-4-6-13-5-2-3-7-14(13)15/h2-8,10,16-18,25H,9,11H2,1H3,(H,22,28)(H,23,26,27). The number of ether oxygens (including phenoxy) is 2. The Morgan fingerprint density at radius 3 is 2.87 bits per heavy atom. The van der Waals surface area contributed by atoms with Crippen LogP contribution in [0.25, 0.3) is 10.8 Å². The van der Waals surface area contributed by atoms with Crippen LogP contribution in [0.1, 0.15) is 18.2 Å². The van der Waals surface area contributed by atoms with Gasteiger partial charge in [-0.25, -0.2) is 9.59 Å². The van der Waals surface area contributed by atoms with E-state index in [9.17, 15) is 19.5 Å². The number of aryl methyl sites for hydroxylation is 1. The monoisotopic (exact) mass is 411 g/mol. The second-order valence-electron chi connectivity index (χ2n) is 7.16. The summed E-state index contributed by atoms with van der Waals surface area (Å²) in [7, 11) is 0. The SMILES string of the molecule is Cc1cn(C2CC(O)C(COC(=O)Nc3cccc4ccccc34)O2)c(=O)[nH]c1=O. The molecule has 1 fully saturated rings. The third-order valence-corrected chi connectivity index (χ3v) is 5.07. The van der Waals surface area contributed by atoms with Gasteiger partial charge in [-0.15, -0.1) is 0 Å². The van der Waals surface area contributed by atoms with E-state index < -0.39 is 35.8 Å². The third kappa shape index (κ3) is 3.98. The molecule has 156 valence electrons. The van der Waals surface area contributed by atoms with Crippen LogP contribution in [0.3, 0.4) is 0 Å². The molecule has 1 amide bonds. The highest BCUT2D eigenvalue weighted by Gasteiger charge is 2.36. The van der Waals surface area contributed by atoms with Crippen molar-refractivity contribution in [3.05, 3.63) is 75.1 Å². The van der Waals surface area contributed by atoms with Crippen LogP contribution in [0.15, 0.2) is 58.3 Å². The number of hydrogen-bond donors (Lipinski definition) is 3. The quantitative estimate of drug-likeness (QED) is 0.603. The Balaban J connectivity index is 1.39. The first-order valence-electron chi connectivity index (χ1n) is 9.49. The summed E-state index contributed by atoms with van der Waals surface area (Å²) in [6.45, 7) is 1.38. The molecule has 4 rings (SSSR count). The Kier molecular flexibility index (Phi) is 5.39. The first-order valence-corrected chi connectivity index (χ1v) is 9.49. The summed E-state index contributed by atoms with van der Waals surface area (Å²) in [5.41, 5.74) is -0.140. The van der Waals surface area contributed by atoms with Crippen molar-refractivity contribution in [3.8, 4) is 0 Å². The fourth-order valence-corrected chi connectivity index (χ4v) is 3.47. The summed E-state index contributed by atoms with van der Waals surface area (Å²) in [6.07, 6.45) is -1.66. The van der Waals surface area contributed by atoms with Crippen LogP contribution >= 0.6 is 0 Å². The first kappa shape index (κ1) is 19.9. The number of aromatic nitrogens is 2. The van der Waals surface area contributed by atoms with Gasteiger partial charge in [0.05, 0.1) is 11.8 Å². The molecule has 0 aliphatic carbocycles. The summed E-state index contributed by atoms with van der Waals surface area (Å²) >= 11 is 0. The Labute approximate surface area is 170 Å². The molecule has 3 unspecified atom stereocenters. The minimum atomic E-state index is -0.931. The molecule has 1 saturated heterocycles. The van der Waals surface area contributed by atoms with E-state index in [1.807, 2.05) is 36.4 Å². The number of carbonyl (C=O) groups excluding carboxylic acids is 1. The van der Waals surface area contributed by atoms with E-state index in [-0.39, 0.29) is 13.0 Å². The van der Waals surface area contributed by atoms with Gasteiger partial charge in [-0.1, -0.05) is 36.4 Å². The van der Waals surface area contributed by atoms with E-state index in [0.717, 1.165) is 10.8 Å². The van der Waals surface area contributed by atoms with Gasteiger partial charge < -0.3 is 14.6 Å². The van der Waals surface area contributed by atoms with Gasteiger partial charge in [0.25, 0.3) is 5.56 Å². The number of H-pyrrole nitrogens is 1. The molecule has 30 heavy (non-hydrogen) atoms. The number of aromatic amines is 1. The number of aliphatic hydroxyl groups excluding tert-OH is 1. The topological polar surface area (TPSA) is 123 Å². The van der Waals surface area contributed by atoms with Crippen molar-refractivity contribution >= 4 is 22.6 Å². The van der Waals surface area contributed by atoms with Gasteiger partial charge in [0.15, 0.2) is 0 Å². The summed E-state index contributed by atoms with van der Waals surface area (Å²) in [5, 5.41) is 14.8. The molecule has 0 spiro atoms. The molecule has 0 radical (unpaired) electrons. The highest BCUT2D eigenvalue weighted by atomic mass is 16.6. The lowest BCUT2D eigenvalue weighted by Crippen LogP contribution is -2.33. The average Bonchev–Trinajstić information content (AvgIpc) is 3.10. The number of nitrogens with one attached hydrogen (secondary N) is 2. The molecule has 2 aromatic carbocycles. The van der Waals surface area contributed by atoms with Gasteiger partial charge in [0, 0.05) is 23.6 Å². The molecule has 9 nitrogen and oxygen atoms in total. The second-order valence-corrected chi connectivity index (χ2v) is 7.16. The summed E-state index contributed by atoms with van der Waals surface area (Å²) < 4.78 is 12.1. The number of rotatable bonds is 4. The molecular formula is C21H21N3O6. The van der Waals surface area contributed by atoms with E-state index in [1.54, 1.807) is 13.0 Å². The Hall–Kier alpha value is -3.43. The lowest BCUT2D eigenvalue weighted by molar-refractivity contribution is -0.0475. The highest BCUT2D eigenvalue weighted by Crippen LogP contribution is 2.28. The summed E-state index contributed by atoms with van der Waals surface area (Å²) in [6, 6.07) is 13.2. The lowest BCUT2D eigenvalue weighted by Gasteiger charge is -2.17. The molecule has 3 N–H and O–H groups in total. The minimum Gasteiger partial charge on any atom is -0.446 e. The molecular weight excluding hydrogens is 390 g/mol. The largest absolute Gasteiger partial charge is 0.446 e. The fraction of sp³-hybridized carbons (Fsp3) is 0.286. The van der Waals surface area contributed by atoms with Gasteiger partial charge in [0.2, 0.25) is 0 Å². The normalized spacial score (nSPS) is 20.9. The highest BCUT2D eigenvalue weighted by molar-refractivity contribution is 6.00. The number of benzene rings is 2. The number of nitrogens with zero attached hydrogens (tertiary/aromatic N) is 1. The van der Waals surface area contributed by atoms with Gasteiger partial charge in [0.1, 0.15) is 18.9 Å². The molecule has 3 atom stereocenters. The third-order valence-electron chi connectivity index (χ3n) is 5.07. The van der Waals surface area contributed by atoms with Gasteiger partial charge in [-0.2, -0.15) is 0 Å². The zero-order valence-corrected chi connectivity index (χ0v) is 16.2. The Morgan fingerprint density at radius 2 is 2.03 bits per heavy atom. The second kappa shape index (κ2) is 8.13. The van der Waals surface area contributed by atoms with Crippen LogP contribution in [0.5, 0.6) is 0 Å². The molecule has 9 heteroatoms. The van der Waals surface area contributed by atoms with Crippen molar-refractivity contribution in [3.63, 3.8) is 0 Å². The van der Waals surface area contributed by atoms with Crippen LogP contribution in [-0.4, -0.2) is 39.6 Å². The van der Waals surface area contributed by atoms with E-state index in [4.69, 9.17) is 9.47 Å². The maximum atomic E-state index is 12.2. The summed E-state index contributed by atoms with van der Waals surface area (Å²) in [5.74, 6) is 0. The van der Waals surface area contributed by atoms with Crippen molar-refractivity contribution in [1.29, 1.82) is 0 Å². The van der Waals surface area contributed by atoms with E-state index in [1.165, 1.54) is 10.8 Å². The number of amides is 1. The number of hydrogen-bond acceptors (Lipinski definition) is 6. The predicted octanol–water partition coefficient (Wildman–Crippen LogP) is 1.90. The minimum absolute atomic E-state index is 0.129. The molecule has 2 heterocycles. The van der Waals surface area contributed by atoms with Gasteiger partial charge >= 0.3 is 11.8 Å². The van der Waals surface area contributed by atoms with Crippen LogP contribution < -0.4 is 16.6 Å². The number of anilines is 1. The van der Waals surface area contributed by atoms with Crippen LogP contribution in [-0.2, 0) is 9.47 Å². The molecule has 3 aromatic rings. The van der Waals surface area contributed by atoms with Crippen molar-refractivity contribution in [2.24, 2.45) is 0 Å². The molecule has 1 aromatic heterocycles. The zero-order valence-electron chi connectivity index (χ0n) is 16.2. The fourth-order valence-electron chi connectivity index (χ4n) is 3.47. The molecule has 0 bridgehead atoms. The van der Waals surface area contributed by atoms with Crippen molar-refractivity contribution < 1.29 is 19.4 Å². The van der Waals surface area contributed by atoms with Crippen LogP contribution in [0, 0.1) is 6.92 Å². The molecule has 0 saturated carbocycles. The number of carbonyl (C=O) groups is 1. The van der Waals surface area contributed by atoms with Crippen LogP contribution in [0.4, 0.5) is 10.5 Å². The molecule has 1 aliphatic heterocycles. The van der Waals surface area contributed by atoms with Crippen molar-refractivity contribution in [2.75, 3.05) is 11.9 Å². The predicted molar refractivity (Wildman–Crippen MR) is 110 cm³/mol. The Morgan fingerprint density at radius 1 is 1.27 bits per heavy atom. The maximum absolute atomic E-state index is 12.2. The van der Waals surface area contributed by atoms with Crippen molar-refractivity contribution in [1.82, 2.24) is 9.55 Å². The first-order chi connectivity index (χ1) is 14.4. The summed E-state index contributed by atoms with van der Waals surface area (Å²) in [4.78, 5) is 38.0. The van der Waals surface area contributed by atoms with Crippen molar-refractivity contribution in [2.45, 2.75) is 31.8 Å².